The molecule has 1 amide bonds. The SMILES string of the molecule is O=C(c1ccc(Br)cc1F)N(C1CC1)C1CCC(CCO)(c2ccccn2)CC1. The first kappa shape index (κ1) is 20.5. The van der Waals surface area contributed by atoms with Gasteiger partial charge in [0, 0.05) is 40.5 Å². The highest BCUT2D eigenvalue weighted by Gasteiger charge is 2.44. The molecule has 1 N–H and O–H groups in total. The highest BCUT2D eigenvalue weighted by molar-refractivity contribution is 9.10. The van der Waals surface area contributed by atoms with Crippen LogP contribution in [0.1, 0.15) is 61.0 Å². The molecule has 0 saturated heterocycles. The van der Waals surface area contributed by atoms with Gasteiger partial charge in [-0.05, 0) is 75.3 Å². The minimum absolute atomic E-state index is 0.105. The zero-order chi connectivity index (χ0) is 20.4. The van der Waals surface area contributed by atoms with Crippen LogP contribution in [0, 0.1) is 5.82 Å². The molecule has 2 aliphatic rings. The molecule has 4 nitrogen and oxygen atoms in total. The first-order valence-electron chi connectivity index (χ1n) is 10.3. The van der Waals surface area contributed by atoms with E-state index in [2.05, 4.69) is 20.9 Å². The van der Waals surface area contributed by atoms with Crippen molar-refractivity contribution in [2.45, 2.75) is 62.4 Å². The Labute approximate surface area is 179 Å². The molecule has 0 bridgehead atoms. The van der Waals surface area contributed by atoms with Crippen molar-refractivity contribution in [3.05, 3.63) is 64.1 Å². The third kappa shape index (κ3) is 4.24. The molecule has 0 aliphatic heterocycles. The van der Waals surface area contributed by atoms with Gasteiger partial charge in [0.25, 0.3) is 5.91 Å². The minimum Gasteiger partial charge on any atom is -0.396 e. The lowest BCUT2D eigenvalue weighted by molar-refractivity contribution is 0.0544. The zero-order valence-electron chi connectivity index (χ0n) is 16.4. The molecular formula is C23H26BrFN2O2. The minimum atomic E-state index is -0.478. The zero-order valence-corrected chi connectivity index (χ0v) is 17.9. The number of halogens is 2. The van der Waals surface area contributed by atoms with Crippen molar-refractivity contribution < 1.29 is 14.3 Å². The van der Waals surface area contributed by atoms with Crippen molar-refractivity contribution in [1.82, 2.24) is 9.88 Å². The average Bonchev–Trinajstić information content (AvgIpc) is 3.55. The molecule has 1 heterocycles. The molecule has 0 spiro atoms. The van der Waals surface area contributed by atoms with E-state index in [9.17, 15) is 14.3 Å². The van der Waals surface area contributed by atoms with Gasteiger partial charge in [-0.15, -0.1) is 0 Å². The van der Waals surface area contributed by atoms with E-state index in [1.807, 2.05) is 23.1 Å². The number of rotatable bonds is 6. The van der Waals surface area contributed by atoms with Gasteiger partial charge in [0.1, 0.15) is 5.82 Å². The monoisotopic (exact) mass is 460 g/mol. The van der Waals surface area contributed by atoms with Crippen LogP contribution >= 0.6 is 15.9 Å². The van der Waals surface area contributed by atoms with Gasteiger partial charge >= 0.3 is 0 Å². The van der Waals surface area contributed by atoms with Crippen molar-refractivity contribution in [2.24, 2.45) is 0 Å². The van der Waals surface area contributed by atoms with E-state index < -0.39 is 5.82 Å². The van der Waals surface area contributed by atoms with Crippen LogP contribution in [0.5, 0.6) is 0 Å². The van der Waals surface area contributed by atoms with Gasteiger partial charge in [-0.2, -0.15) is 0 Å². The summed E-state index contributed by atoms with van der Waals surface area (Å²) in [5, 5.41) is 9.67. The molecule has 0 atom stereocenters. The second-order valence-electron chi connectivity index (χ2n) is 8.27. The molecule has 4 rings (SSSR count). The molecule has 2 fully saturated rings. The average molecular weight is 461 g/mol. The third-order valence-electron chi connectivity index (χ3n) is 6.44. The first-order valence-corrected chi connectivity index (χ1v) is 11.1. The molecule has 0 unspecified atom stereocenters. The molecule has 0 radical (unpaired) electrons. The maximum atomic E-state index is 14.4. The second-order valence-corrected chi connectivity index (χ2v) is 9.18. The summed E-state index contributed by atoms with van der Waals surface area (Å²) in [5.41, 5.74) is 1.03. The van der Waals surface area contributed by atoms with E-state index in [-0.39, 0.29) is 35.6 Å². The highest BCUT2D eigenvalue weighted by atomic mass is 79.9. The van der Waals surface area contributed by atoms with Gasteiger partial charge < -0.3 is 10.0 Å². The van der Waals surface area contributed by atoms with Crippen LogP contribution in [-0.4, -0.2) is 39.6 Å². The molecule has 29 heavy (non-hydrogen) atoms. The fourth-order valence-corrected chi connectivity index (χ4v) is 5.08. The van der Waals surface area contributed by atoms with Crippen molar-refractivity contribution in [3.8, 4) is 0 Å². The van der Waals surface area contributed by atoms with Crippen LogP contribution in [0.2, 0.25) is 0 Å². The maximum Gasteiger partial charge on any atom is 0.257 e. The van der Waals surface area contributed by atoms with E-state index in [0.29, 0.717) is 10.9 Å². The number of amides is 1. The molecule has 6 heteroatoms. The predicted octanol–water partition coefficient (Wildman–Crippen LogP) is 4.85. The van der Waals surface area contributed by atoms with Gasteiger partial charge in [-0.3, -0.25) is 9.78 Å². The fourth-order valence-electron chi connectivity index (χ4n) is 4.74. The number of hydrogen-bond donors (Lipinski definition) is 1. The Balaban J connectivity index is 1.54. The van der Waals surface area contributed by atoms with Crippen LogP contribution in [-0.2, 0) is 5.41 Å². The van der Waals surface area contributed by atoms with Gasteiger partial charge in [0.05, 0.1) is 5.56 Å². The molecule has 2 aliphatic carbocycles. The summed E-state index contributed by atoms with van der Waals surface area (Å²) in [5.74, 6) is -0.677. The first-order chi connectivity index (χ1) is 14.0. The van der Waals surface area contributed by atoms with Crippen molar-refractivity contribution >= 4 is 21.8 Å². The predicted molar refractivity (Wildman–Crippen MR) is 113 cm³/mol. The molecule has 2 saturated carbocycles. The van der Waals surface area contributed by atoms with E-state index in [0.717, 1.165) is 44.2 Å². The fraction of sp³-hybridized carbons (Fsp3) is 0.478. The topological polar surface area (TPSA) is 53.4 Å². The third-order valence-corrected chi connectivity index (χ3v) is 6.93. The lowest BCUT2D eigenvalue weighted by Crippen LogP contribution is -2.47. The smallest absolute Gasteiger partial charge is 0.257 e. The Morgan fingerprint density at radius 3 is 2.48 bits per heavy atom. The number of carbonyl (C=O) groups excluding carboxylic acids is 1. The summed E-state index contributed by atoms with van der Waals surface area (Å²) >= 11 is 3.26. The molecule has 154 valence electrons. The standard InChI is InChI=1S/C23H26BrFN2O2/c24-16-4-7-19(20(25)15-16)22(29)27(17-5-6-17)18-8-10-23(11-9-18,12-14-28)21-3-1-2-13-26-21/h1-4,7,13,15,17-18,28H,5-6,8-12,14H2. The Morgan fingerprint density at radius 1 is 1.17 bits per heavy atom. The lowest BCUT2D eigenvalue weighted by Gasteiger charge is -2.43. The molecular weight excluding hydrogens is 435 g/mol. The Bertz CT molecular complexity index is 864. The van der Waals surface area contributed by atoms with E-state index in [1.165, 1.54) is 6.07 Å². The number of aliphatic hydroxyl groups excluding tert-OH is 1. The van der Waals surface area contributed by atoms with Crippen LogP contribution in [0.25, 0.3) is 0 Å². The van der Waals surface area contributed by atoms with Crippen LogP contribution in [0.3, 0.4) is 0 Å². The van der Waals surface area contributed by atoms with Crippen molar-refractivity contribution in [1.29, 1.82) is 0 Å². The van der Waals surface area contributed by atoms with Crippen molar-refractivity contribution in [2.75, 3.05) is 6.61 Å². The Kier molecular flexibility index (Phi) is 6.02. The number of benzene rings is 1. The van der Waals surface area contributed by atoms with Gasteiger partial charge in [0.2, 0.25) is 0 Å². The largest absolute Gasteiger partial charge is 0.396 e. The van der Waals surface area contributed by atoms with Crippen LogP contribution < -0.4 is 0 Å². The number of aliphatic hydroxyl groups is 1. The number of pyridine rings is 1. The number of nitrogens with zero attached hydrogens (tertiary/aromatic N) is 2. The van der Waals surface area contributed by atoms with Gasteiger partial charge in [-0.1, -0.05) is 22.0 Å². The number of carbonyl (C=O) groups is 1. The highest BCUT2D eigenvalue weighted by Crippen LogP contribution is 2.44. The van der Waals surface area contributed by atoms with E-state index >= 15 is 0 Å². The summed E-state index contributed by atoms with van der Waals surface area (Å²) in [4.78, 5) is 19.7. The van der Waals surface area contributed by atoms with Crippen LogP contribution in [0.15, 0.2) is 47.1 Å². The molecule has 2 aromatic rings. The van der Waals surface area contributed by atoms with Crippen molar-refractivity contribution in [3.63, 3.8) is 0 Å². The number of aromatic nitrogens is 1. The lowest BCUT2D eigenvalue weighted by atomic mass is 9.68. The summed E-state index contributed by atoms with van der Waals surface area (Å²) < 4.78 is 15.1. The van der Waals surface area contributed by atoms with Gasteiger partial charge in [-0.25, -0.2) is 4.39 Å². The van der Waals surface area contributed by atoms with Crippen LogP contribution in [0.4, 0.5) is 4.39 Å². The quantitative estimate of drug-likeness (QED) is 0.669. The van der Waals surface area contributed by atoms with E-state index in [1.54, 1.807) is 18.3 Å². The van der Waals surface area contributed by atoms with E-state index in [4.69, 9.17) is 0 Å². The molecule has 1 aromatic heterocycles. The van der Waals surface area contributed by atoms with Gasteiger partial charge in [0.15, 0.2) is 0 Å². The summed E-state index contributed by atoms with van der Waals surface area (Å²) in [6.07, 6.45) is 7.88. The number of hydrogen-bond acceptors (Lipinski definition) is 3. The maximum absolute atomic E-state index is 14.4. The Morgan fingerprint density at radius 2 is 1.90 bits per heavy atom. The second kappa shape index (κ2) is 8.52. The normalized spacial score (nSPS) is 24.3. The summed E-state index contributed by atoms with van der Waals surface area (Å²) in [6, 6.07) is 10.9. The summed E-state index contributed by atoms with van der Waals surface area (Å²) in [7, 11) is 0. The molecule has 1 aromatic carbocycles. The Hall–Kier alpha value is -1.79. The summed E-state index contributed by atoms with van der Waals surface area (Å²) in [6.45, 7) is 0.122.